The number of carbonyl (C=O) groups is 2. The van der Waals surface area contributed by atoms with E-state index in [0.29, 0.717) is 21.5 Å². The summed E-state index contributed by atoms with van der Waals surface area (Å²) in [5, 5.41) is 4.74. The predicted octanol–water partition coefficient (Wildman–Crippen LogP) is 6.89. The Morgan fingerprint density at radius 3 is 2.25 bits per heavy atom. The van der Waals surface area contributed by atoms with Gasteiger partial charge in [0.2, 0.25) is 11.8 Å². The van der Waals surface area contributed by atoms with Crippen LogP contribution in [0.25, 0.3) is 0 Å². The lowest BCUT2D eigenvalue weighted by Crippen LogP contribution is -2.52. The van der Waals surface area contributed by atoms with Crippen LogP contribution < -0.4 is 5.32 Å². The molecular weight excluding hydrogens is 515 g/mol. The van der Waals surface area contributed by atoms with Crippen molar-refractivity contribution in [2.75, 3.05) is 0 Å². The highest BCUT2D eigenvalue weighted by Crippen LogP contribution is 2.25. The van der Waals surface area contributed by atoms with Crippen LogP contribution in [0.1, 0.15) is 42.4 Å². The van der Waals surface area contributed by atoms with Crippen LogP contribution in [0, 0.1) is 0 Å². The first kappa shape index (κ1) is 26.5. The molecule has 1 aliphatic carbocycles. The predicted molar refractivity (Wildman–Crippen MR) is 147 cm³/mol. The van der Waals surface area contributed by atoms with Gasteiger partial charge in [0.15, 0.2) is 0 Å². The minimum atomic E-state index is -0.702. The van der Waals surface area contributed by atoms with E-state index in [1.54, 1.807) is 35.2 Å². The second kappa shape index (κ2) is 12.6. The zero-order valence-corrected chi connectivity index (χ0v) is 22.2. The molecule has 3 aromatic rings. The zero-order chi connectivity index (χ0) is 25.5. The molecule has 0 aliphatic heterocycles. The highest BCUT2D eigenvalue weighted by atomic mass is 35.5. The lowest BCUT2D eigenvalue weighted by Gasteiger charge is -2.32. The van der Waals surface area contributed by atoms with Gasteiger partial charge in [0.05, 0.1) is 6.42 Å². The number of hydrogen-bond donors (Lipinski definition) is 1. The Kier molecular flexibility index (Phi) is 9.30. The third kappa shape index (κ3) is 7.25. The fourth-order valence-electron chi connectivity index (χ4n) is 4.68. The number of nitrogens with zero attached hydrogens (tertiary/aromatic N) is 1. The molecule has 0 spiro atoms. The molecule has 1 aliphatic rings. The van der Waals surface area contributed by atoms with Crippen LogP contribution in [0.5, 0.6) is 0 Å². The molecular formula is C29H29Cl3N2O2. The second-order valence-electron chi connectivity index (χ2n) is 9.26. The minimum Gasteiger partial charge on any atom is -0.352 e. The van der Waals surface area contributed by atoms with Gasteiger partial charge in [0.25, 0.3) is 0 Å². The molecule has 36 heavy (non-hydrogen) atoms. The molecule has 0 radical (unpaired) electrons. The van der Waals surface area contributed by atoms with Gasteiger partial charge in [-0.1, -0.05) is 96.2 Å². The number of amides is 2. The average molecular weight is 544 g/mol. The number of benzene rings is 3. The summed E-state index contributed by atoms with van der Waals surface area (Å²) in [6, 6.07) is 21.6. The molecule has 4 rings (SSSR count). The largest absolute Gasteiger partial charge is 0.352 e. The van der Waals surface area contributed by atoms with Crippen LogP contribution in [0.15, 0.2) is 72.8 Å². The van der Waals surface area contributed by atoms with E-state index in [2.05, 4.69) is 5.32 Å². The van der Waals surface area contributed by atoms with Crippen molar-refractivity contribution < 1.29 is 9.59 Å². The van der Waals surface area contributed by atoms with E-state index in [9.17, 15) is 9.59 Å². The molecule has 3 aromatic carbocycles. The van der Waals surface area contributed by atoms with Gasteiger partial charge in [0, 0.05) is 34.1 Å². The van der Waals surface area contributed by atoms with Crippen LogP contribution in [0.2, 0.25) is 15.1 Å². The number of rotatable bonds is 9. The number of hydrogen-bond acceptors (Lipinski definition) is 2. The van der Waals surface area contributed by atoms with Crippen LogP contribution in [0.4, 0.5) is 0 Å². The van der Waals surface area contributed by atoms with E-state index in [1.165, 1.54) is 0 Å². The van der Waals surface area contributed by atoms with Crippen molar-refractivity contribution in [3.05, 3.63) is 105 Å². The molecule has 0 bridgehead atoms. The summed E-state index contributed by atoms with van der Waals surface area (Å²) in [6.07, 6.45) is 4.64. The monoisotopic (exact) mass is 542 g/mol. The molecule has 188 valence electrons. The molecule has 1 fully saturated rings. The Balaban J connectivity index is 1.68. The zero-order valence-electron chi connectivity index (χ0n) is 19.9. The minimum absolute atomic E-state index is 0.119. The Morgan fingerprint density at radius 1 is 0.861 bits per heavy atom. The molecule has 0 aromatic heterocycles. The molecule has 0 saturated heterocycles. The quantitative estimate of drug-likeness (QED) is 0.319. The van der Waals surface area contributed by atoms with Gasteiger partial charge in [-0.3, -0.25) is 9.59 Å². The topological polar surface area (TPSA) is 49.4 Å². The molecule has 2 amide bonds. The smallest absolute Gasteiger partial charge is 0.243 e. The van der Waals surface area contributed by atoms with E-state index in [0.717, 1.165) is 42.4 Å². The SMILES string of the molecule is O=C(NC1CCCC1)[C@H](Cc1ccccc1)N(Cc1ccc(Cl)cc1Cl)C(=O)Cc1cccc(Cl)c1. The first-order chi connectivity index (χ1) is 17.4. The van der Waals surface area contributed by atoms with E-state index in [-0.39, 0.29) is 30.8 Å². The highest BCUT2D eigenvalue weighted by Gasteiger charge is 2.32. The van der Waals surface area contributed by atoms with Crippen molar-refractivity contribution in [3.63, 3.8) is 0 Å². The van der Waals surface area contributed by atoms with Crippen molar-refractivity contribution in [3.8, 4) is 0 Å². The normalized spacial score (nSPS) is 14.4. The van der Waals surface area contributed by atoms with Crippen molar-refractivity contribution >= 4 is 46.6 Å². The molecule has 7 heteroatoms. The summed E-state index contributed by atoms with van der Waals surface area (Å²) in [5.41, 5.74) is 2.49. The van der Waals surface area contributed by atoms with Gasteiger partial charge in [-0.05, 0) is 53.8 Å². The first-order valence-electron chi connectivity index (χ1n) is 12.2. The van der Waals surface area contributed by atoms with Crippen LogP contribution in [-0.4, -0.2) is 28.8 Å². The Bertz CT molecular complexity index is 1200. The van der Waals surface area contributed by atoms with Crippen molar-refractivity contribution in [1.29, 1.82) is 0 Å². The van der Waals surface area contributed by atoms with Crippen LogP contribution in [-0.2, 0) is 29.0 Å². The van der Waals surface area contributed by atoms with Gasteiger partial charge in [0.1, 0.15) is 6.04 Å². The maximum Gasteiger partial charge on any atom is 0.243 e. The summed E-state index contributed by atoms with van der Waals surface area (Å²) < 4.78 is 0. The molecule has 0 heterocycles. The van der Waals surface area contributed by atoms with E-state index in [4.69, 9.17) is 34.8 Å². The number of halogens is 3. The molecule has 4 nitrogen and oxygen atoms in total. The Labute approximate surface area is 227 Å². The standard InChI is InChI=1S/C29H29Cl3N2O2/c30-23-10-6-9-21(15-23)17-28(35)34(19-22-13-14-24(31)18-26(22)32)27(16-20-7-2-1-3-8-20)29(36)33-25-11-4-5-12-25/h1-3,6-10,13-15,18,25,27H,4-5,11-12,16-17,19H2,(H,33,36)/t27-/m0/s1. The summed E-state index contributed by atoms with van der Waals surface area (Å²) in [5.74, 6) is -0.318. The van der Waals surface area contributed by atoms with Crippen LogP contribution >= 0.6 is 34.8 Å². The Morgan fingerprint density at radius 2 is 1.56 bits per heavy atom. The van der Waals surface area contributed by atoms with Crippen LogP contribution in [0.3, 0.4) is 0 Å². The highest BCUT2D eigenvalue weighted by molar-refractivity contribution is 6.35. The van der Waals surface area contributed by atoms with Gasteiger partial charge in [-0.2, -0.15) is 0 Å². The van der Waals surface area contributed by atoms with Gasteiger partial charge in [-0.15, -0.1) is 0 Å². The van der Waals surface area contributed by atoms with E-state index >= 15 is 0 Å². The Hall–Kier alpha value is -2.53. The lowest BCUT2D eigenvalue weighted by atomic mass is 10.0. The van der Waals surface area contributed by atoms with Gasteiger partial charge >= 0.3 is 0 Å². The van der Waals surface area contributed by atoms with Crippen molar-refractivity contribution in [2.24, 2.45) is 0 Å². The molecule has 1 atom stereocenters. The molecule has 1 N–H and O–H groups in total. The maximum absolute atomic E-state index is 13.8. The van der Waals surface area contributed by atoms with E-state index in [1.807, 2.05) is 42.5 Å². The molecule has 0 unspecified atom stereocenters. The molecule has 1 saturated carbocycles. The lowest BCUT2D eigenvalue weighted by molar-refractivity contribution is -0.141. The third-order valence-corrected chi connectivity index (χ3v) is 7.39. The van der Waals surface area contributed by atoms with E-state index < -0.39 is 6.04 Å². The number of nitrogens with one attached hydrogen (secondary N) is 1. The number of carbonyl (C=O) groups excluding carboxylic acids is 2. The van der Waals surface area contributed by atoms with Crippen molar-refractivity contribution in [1.82, 2.24) is 10.2 Å². The summed E-state index contributed by atoms with van der Waals surface area (Å²) >= 11 is 18.8. The summed E-state index contributed by atoms with van der Waals surface area (Å²) in [6.45, 7) is 0.186. The summed E-state index contributed by atoms with van der Waals surface area (Å²) in [7, 11) is 0. The maximum atomic E-state index is 13.8. The van der Waals surface area contributed by atoms with Gasteiger partial charge in [-0.25, -0.2) is 0 Å². The third-order valence-electron chi connectivity index (χ3n) is 6.57. The average Bonchev–Trinajstić information content (AvgIpc) is 3.36. The first-order valence-corrected chi connectivity index (χ1v) is 13.3. The second-order valence-corrected chi connectivity index (χ2v) is 10.5. The van der Waals surface area contributed by atoms with Gasteiger partial charge < -0.3 is 10.2 Å². The van der Waals surface area contributed by atoms with Crippen molar-refractivity contribution in [2.45, 2.75) is 57.2 Å². The fraction of sp³-hybridized carbons (Fsp3) is 0.310. The fourth-order valence-corrected chi connectivity index (χ4v) is 5.36. The summed E-state index contributed by atoms with van der Waals surface area (Å²) in [4.78, 5) is 29.2.